The summed E-state index contributed by atoms with van der Waals surface area (Å²) in [4.78, 5) is 3.54. The normalized spacial score (nSPS) is 17.3. The third-order valence-electron chi connectivity index (χ3n) is 3.45. The molecule has 0 bridgehead atoms. The van der Waals surface area contributed by atoms with Gasteiger partial charge in [-0.05, 0) is 37.2 Å². The summed E-state index contributed by atoms with van der Waals surface area (Å²) < 4.78 is 0. The number of nitrogen functional groups attached to an aromatic ring is 1. The quantitative estimate of drug-likeness (QED) is 0.726. The van der Waals surface area contributed by atoms with Gasteiger partial charge < -0.3 is 10.7 Å². The molecular formula is C13H22N2. The van der Waals surface area contributed by atoms with Crippen LogP contribution in [0.25, 0.3) is 0 Å². The van der Waals surface area contributed by atoms with Gasteiger partial charge in [-0.1, -0.05) is 26.7 Å². The number of hydrogen-bond donors (Lipinski definition) is 2. The van der Waals surface area contributed by atoms with E-state index < -0.39 is 0 Å². The number of anilines is 1. The van der Waals surface area contributed by atoms with E-state index >= 15 is 0 Å². The molecule has 0 radical (unpaired) electrons. The van der Waals surface area contributed by atoms with Gasteiger partial charge in [0.25, 0.3) is 0 Å². The first-order chi connectivity index (χ1) is 7.20. The number of nitrogens with one attached hydrogen (secondary N) is 1. The van der Waals surface area contributed by atoms with Gasteiger partial charge in [-0.2, -0.15) is 0 Å². The molecule has 1 heterocycles. The Morgan fingerprint density at radius 2 is 1.73 bits per heavy atom. The number of nitrogens with two attached hydrogens (primary N) is 1. The highest BCUT2D eigenvalue weighted by atomic mass is 14.8. The van der Waals surface area contributed by atoms with Gasteiger partial charge in [0.2, 0.25) is 0 Å². The Morgan fingerprint density at radius 1 is 1.07 bits per heavy atom. The first kappa shape index (κ1) is 10.6. The monoisotopic (exact) mass is 206 g/mol. The van der Waals surface area contributed by atoms with Crippen LogP contribution in [0.4, 0.5) is 5.69 Å². The number of rotatable bonds is 1. The third-order valence-corrected chi connectivity index (χ3v) is 3.45. The largest absolute Gasteiger partial charge is 0.397 e. The van der Waals surface area contributed by atoms with Crippen molar-refractivity contribution in [3.05, 3.63) is 17.0 Å². The highest BCUT2D eigenvalue weighted by Crippen LogP contribution is 2.31. The van der Waals surface area contributed by atoms with Crippen LogP contribution in [0.1, 0.15) is 62.4 Å². The van der Waals surface area contributed by atoms with Crippen LogP contribution in [0.15, 0.2) is 0 Å². The molecule has 1 aliphatic rings. The molecule has 2 heteroatoms. The van der Waals surface area contributed by atoms with Gasteiger partial charge in [0.1, 0.15) is 0 Å². The molecule has 1 aliphatic carbocycles. The topological polar surface area (TPSA) is 41.8 Å². The summed E-state index contributed by atoms with van der Waals surface area (Å²) in [6, 6.07) is 0. The van der Waals surface area contributed by atoms with Crippen molar-refractivity contribution in [3.63, 3.8) is 0 Å². The van der Waals surface area contributed by atoms with Crippen molar-refractivity contribution in [2.45, 2.75) is 58.3 Å². The van der Waals surface area contributed by atoms with Crippen molar-refractivity contribution >= 4 is 5.69 Å². The number of aromatic nitrogens is 1. The number of H-pyrrole nitrogens is 1. The molecule has 1 aromatic heterocycles. The van der Waals surface area contributed by atoms with Gasteiger partial charge in [0.05, 0.1) is 5.69 Å². The molecule has 15 heavy (non-hydrogen) atoms. The number of aromatic amines is 1. The molecule has 1 aromatic rings. The summed E-state index contributed by atoms with van der Waals surface area (Å²) in [6.45, 7) is 4.41. The summed E-state index contributed by atoms with van der Waals surface area (Å²) in [6.07, 6.45) is 7.70. The van der Waals surface area contributed by atoms with Crippen molar-refractivity contribution < 1.29 is 0 Å². The fourth-order valence-electron chi connectivity index (χ4n) is 2.54. The number of aryl methyl sites for hydroxylation is 1. The van der Waals surface area contributed by atoms with Crippen LogP contribution >= 0.6 is 0 Å². The second-order valence-electron chi connectivity index (χ2n) is 4.98. The molecule has 2 nitrogen and oxygen atoms in total. The molecule has 3 N–H and O–H groups in total. The maximum atomic E-state index is 6.21. The van der Waals surface area contributed by atoms with E-state index in [9.17, 15) is 0 Å². The molecule has 0 unspecified atom stereocenters. The fourth-order valence-corrected chi connectivity index (χ4v) is 2.54. The molecule has 0 saturated heterocycles. The summed E-state index contributed by atoms with van der Waals surface area (Å²) in [5, 5.41) is 0. The average molecular weight is 206 g/mol. The van der Waals surface area contributed by atoms with Crippen LogP contribution in [0.3, 0.4) is 0 Å². The van der Waals surface area contributed by atoms with E-state index in [2.05, 4.69) is 18.8 Å². The Hall–Kier alpha value is -0.920. The van der Waals surface area contributed by atoms with Gasteiger partial charge >= 0.3 is 0 Å². The lowest BCUT2D eigenvalue weighted by molar-refractivity contribution is 0.613. The number of fused-ring (bicyclic) bond motifs is 1. The van der Waals surface area contributed by atoms with E-state index in [4.69, 9.17) is 5.73 Å². The molecule has 0 atom stereocenters. The van der Waals surface area contributed by atoms with Gasteiger partial charge in [0, 0.05) is 11.4 Å². The van der Waals surface area contributed by atoms with Crippen LogP contribution in [-0.2, 0) is 12.8 Å². The Balaban J connectivity index is 2.35. The van der Waals surface area contributed by atoms with E-state index in [1.165, 1.54) is 55.5 Å². The SMILES string of the molecule is CC(C)c1[nH]c2c(c1N)CCCCCC2. The van der Waals surface area contributed by atoms with Crippen molar-refractivity contribution in [2.75, 3.05) is 5.73 Å². The number of hydrogen-bond acceptors (Lipinski definition) is 1. The summed E-state index contributed by atoms with van der Waals surface area (Å²) in [5.74, 6) is 0.512. The van der Waals surface area contributed by atoms with E-state index in [0.29, 0.717) is 5.92 Å². The predicted molar refractivity (Wildman–Crippen MR) is 65.2 cm³/mol. The van der Waals surface area contributed by atoms with E-state index in [1.807, 2.05) is 0 Å². The van der Waals surface area contributed by atoms with Crippen molar-refractivity contribution in [1.29, 1.82) is 0 Å². The Kier molecular flexibility index (Phi) is 3.03. The zero-order valence-electron chi connectivity index (χ0n) is 9.90. The Morgan fingerprint density at radius 3 is 2.40 bits per heavy atom. The lowest BCUT2D eigenvalue weighted by atomic mass is 9.97. The Bertz CT molecular complexity index is 337. The maximum Gasteiger partial charge on any atom is 0.0563 e. The van der Waals surface area contributed by atoms with Crippen LogP contribution in [0, 0.1) is 0 Å². The standard InChI is InChI=1S/C13H22N2/c1-9(2)13-12(14)10-7-5-3-4-6-8-11(10)15-13/h9,15H,3-8,14H2,1-2H3. The first-order valence-corrected chi connectivity index (χ1v) is 6.19. The van der Waals surface area contributed by atoms with Gasteiger partial charge in [-0.25, -0.2) is 0 Å². The van der Waals surface area contributed by atoms with Crippen LogP contribution in [-0.4, -0.2) is 4.98 Å². The molecule has 0 fully saturated rings. The second-order valence-corrected chi connectivity index (χ2v) is 4.98. The molecule has 0 aromatic carbocycles. The molecule has 84 valence electrons. The highest BCUT2D eigenvalue weighted by molar-refractivity contribution is 5.56. The van der Waals surface area contributed by atoms with E-state index in [0.717, 1.165) is 5.69 Å². The fraction of sp³-hybridized carbons (Fsp3) is 0.692. The molecular weight excluding hydrogens is 184 g/mol. The molecule has 0 amide bonds. The second kappa shape index (κ2) is 4.30. The highest BCUT2D eigenvalue weighted by Gasteiger charge is 2.17. The van der Waals surface area contributed by atoms with Crippen molar-refractivity contribution in [2.24, 2.45) is 0 Å². The van der Waals surface area contributed by atoms with Crippen molar-refractivity contribution in [1.82, 2.24) is 4.98 Å². The van der Waals surface area contributed by atoms with Crippen LogP contribution < -0.4 is 5.73 Å². The maximum absolute atomic E-state index is 6.21. The molecule has 0 aliphatic heterocycles. The summed E-state index contributed by atoms with van der Waals surface area (Å²) in [5.41, 5.74) is 11.3. The molecule has 0 spiro atoms. The smallest absolute Gasteiger partial charge is 0.0563 e. The van der Waals surface area contributed by atoms with Crippen LogP contribution in [0.2, 0.25) is 0 Å². The minimum Gasteiger partial charge on any atom is -0.397 e. The third kappa shape index (κ3) is 2.04. The minimum absolute atomic E-state index is 0.512. The van der Waals surface area contributed by atoms with Gasteiger partial charge in [-0.15, -0.1) is 0 Å². The zero-order chi connectivity index (χ0) is 10.8. The van der Waals surface area contributed by atoms with E-state index in [1.54, 1.807) is 0 Å². The van der Waals surface area contributed by atoms with Crippen LogP contribution in [0.5, 0.6) is 0 Å². The summed E-state index contributed by atoms with van der Waals surface area (Å²) in [7, 11) is 0. The van der Waals surface area contributed by atoms with Crippen molar-refractivity contribution in [3.8, 4) is 0 Å². The van der Waals surface area contributed by atoms with Gasteiger partial charge in [-0.3, -0.25) is 0 Å². The molecule has 2 rings (SSSR count). The van der Waals surface area contributed by atoms with Gasteiger partial charge in [0.15, 0.2) is 0 Å². The lowest BCUT2D eigenvalue weighted by Gasteiger charge is -2.09. The minimum atomic E-state index is 0.512. The average Bonchev–Trinajstić information content (AvgIpc) is 2.42. The zero-order valence-corrected chi connectivity index (χ0v) is 9.90. The Labute approximate surface area is 92.3 Å². The molecule has 0 saturated carbocycles. The predicted octanol–water partition coefficient (Wildman–Crippen LogP) is 3.38. The van der Waals surface area contributed by atoms with E-state index in [-0.39, 0.29) is 0 Å². The summed E-state index contributed by atoms with van der Waals surface area (Å²) >= 11 is 0. The lowest BCUT2D eigenvalue weighted by Crippen LogP contribution is -2.00. The first-order valence-electron chi connectivity index (χ1n) is 6.19.